The van der Waals surface area contributed by atoms with Crippen molar-refractivity contribution < 1.29 is 5.11 Å². The Hall–Kier alpha value is -1.24. The molecule has 6 heteroatoms. The molecule has 0 aliphatic carbocycles. The summed E-state index contributed by atoms with van der Waals surface area (Å²) in [5.41, 5.74) is 1.66. The van der Waals surface area contributed by atoms with Crippen molar-refractivity contribution in [2.24, 2.45) is 0 Å². The lowest BCUT2D eigenvalue weighted by Gasteiger charge is -2.19. The van der Waals surface area contributed by atoms with Crippen LogP contribution in [0.1, 0.15) is 24.7 Å². The van der Waals surface area contributed by atoms with Gasteiger partial charge in [-0.25, -0.2) is 4.98 Å². The molecule has 104 valence electrons. The quantitative estimate of drug-likeness (QED) is 0.866. The monoisotopic (exact) mass is 281 g/mol. The largest absolute Gasteiger partial charge is 0.395 e. The predicted molar refractivity (Wildman–Crippen MR) is 76.7 cm³/mol. The summed E-state index contributed by atoms with van der Waals surface area (Å²) in [5, 5.41) is 11.0. The molecule has 0 saturated heterocycles. The highest BCUT2D eigenvalue weighted by Gasteiger charge is 2.10. The summed E-state index contributed by atoms with van der Waals surface area (Å²) in [6.45, 7) is 6.24. The maximum atomic E-state index is 12.0. The zero-order chi connectivity index (χ0) is 13.8. The van der Waals surface area contributed by atoms with E-state index in [9.17, 15) is 4.79 Å². The lowest BCUT2D eigenvalue weighted by Crippen LogP contribution is -2.28. The molecule has 2 aromatic heterocycles. The Balaban J connectivity index is 2.27. The highest BCUT2D eigenvalue weighted by molar-refractivity contribution is 7.15. The summed E-state index contributed by atoms with van der Waals surface area (Å²) in [6.07, 6.45) is 1.01. The third-order valence-electron chi connectivity index (χ3n) is 2.97. The molecule has 2 heterocycles. The molecule has 0 aliphatic heterocycles. The van der Waals surface area contributed by atoms with E-state index in [-0.39, 0.29) is 12.2 Å². The van der Waals surface area contributed by atoms with Crippen LogP contribution in [0.4, 0.5) is 0 Å². The van der Waals surface area contributed by atoms with E-state index in [0.29, 0.717) is 13.1 Å². The van der Waals surface area contributed by atoms with Crippen LogP contribution >= 0.6 is 11.3 Å². The molecule has 1 N–H and O–H groups in total. The molecule has 0 fully saturated rings. The zero-order valence-corrected chi connectivity index (χ0v) is 12.1. The van der Waals surface area contributed by atoms with Gasteiger partial charge >= 0.3 is 0 Å². The Morgan fingerprint density at radius 3 is 2.95 bits per heavy atom. The average Bonchev–Trinajstić information content (AvgIpc) is 2.72. The van der Waals surface area contributed by atoms with Gasteiger partial charge in [0.2, 0.25) is 0 Å². The van der Waals surface area contributed by atoms with Crippen LogP contribution in [-0.2, 0) is 6.54 Å². The van der Waals surface area contributed by atoms with Gasteiger partial charge in [-0.05, 0) is 19.9 Å². The van der Waals surface area contributed by atoms with Crippen LogP contribution < -0.4 is 5.56 Å². The molecule has 19 heavy (non-hydrogen) atoms. The van der Waals surface area contributed by atoms with Gasteiger partial charge in [-0.3, -0.25) is 14.1 Å². The maximum Gasteiger partial charge on any atom is 0.259 e. The highest BCUT2D eigenvalue weighted by atomic mass is 32.1. The molecular formula is C13H19N3O2S. The minimum Gasteiger partial charge on any atom is -0.395 e. The Bertz CT molecular complexity index is 599. The van der Waals surface area contributed by atoms with Crippen LogP contribution in [0.15, 0.2) is 16.2 Å². The van der Waals surface area contributed by atoms with Crippen molar-refractivity contribution in [3.63, 3.8) is 0 Å². The first-order valence-electron chi connectivity index (χ1n) is 6.45. The molecular weight excluding hydrogens is 262 g/mol. The normalized spacial score (nSPS) is 11.6. The van der Waals surface area contributed by atoms with Gasteiger partial charge in [0.25, 0.3) is 5.56 Å². The number of aryl methyl sites for hydroxylation is 1. The third kappa shape index (κ3) is 3.20. The van der Waals surface area contributed by atoms with Crippen LogP contribution in [0.2, 0.25) is 0 Å². The van der Waals surface area contributed by atoms with E-state index in [2.05, 4.69) is 16.8 Å². The smallest absolute Gasteiger partial charge is 0.259 e. The molecule has 0 spiro atoms. The van der Waals surface area contributed by atoms with E-state index in [1.165, 1.54) is 11.3 Å². The van der Waals surface area contributed by atoms with E-state index in [4.69, 9.17) is 5.11 Å². The van der Waals surface area contributed by atoms with Gasteiger partial charge in [0, 0.05) is 30.2 Å². The number of aliphatic hydroxyl groups excluding tert-OH is 1. The van der Waals surface area contributed by atoms with Crippen molar-refractivity contribution in [1.82, 2.24) is 14.3 Å². The first-order chi connectivity index (χ1) is 9.15. The first kappa shape index (κ1) is 14.2. The number of thiazole rings is 1. The van der Waals surface area contributed by atoms with Crippen LogP contribution in [-0.4, -0.2) is 39.1 Å². The Morgan fingerprint density at radius 2 is 2.26 bits per heavy atom. The van der Waals surface area contributed by atoms with Crippen molar-refractivity contribution in [3.05, 3.63) is 33.2 Å². The van der Waals surface area contributed by atoms with Crippen molar-refractivity contribution in [3.8, 4) is 0 Å². The van der Waals surface area contributed by atoms with Crippen LogP contribution in [0.3, 0.4) is 0 Å². The molecule has 0 unspecified atom stereocenters. The van der Waals surface area contributed by atoms with Gasteiger partial charge in [0.15, 0.2) is 4.96 Å². The molecule has 0 bridgehead atoms. The van der Waals surface area contributed by atoms with E-state index >= 15 is 0 Å². The van der Waals surface area contributed by atoms with Gasteiger partial charge in [-0.15, -0.1) is 11.3 Å². The summed E-state index contributed by atoms with van der Waals surface area (Å²) in [6, 6.07) is 1.59. The van der Waals surface area contributed by atoms with Crippen molar-refractivity contribution in [1.29, 1.82) is 0 Å². The molecule has 0 saturated carbocycles. The molecule has 0 aliphatic rings. The SMILES string of the molecule is CCCN(CCO)Cc1cc(=O)n2c(C)csc2n1. The summed E-state index contributed by atoms with van der Waals surface area (Å²) >= 11 is 1.48. The van der Waals surface area contributed by atoms with Crippen LogP contribution in [0, 0.1) is 6.92 Å². The molecule has 0 amide bonds. The minimum absolute atomic E-state index is 0.0285. The predicted octanol–water partition coefficient (Wildman–Crippen LogP) is 1.27. The van der Waals surface area contributed by atoms with E-state index in [1.807, 2.05) is 12.3 Å². The number of aromatic nitrogens is 2. The Morgan fingerprint density at radius 1 is 1.47 bits per heavy atom. The fourth-order valence-corrected chi connectivity index (χ4v) is 3.03. The second kappa shape index (κ2) is 6.27. The zero-order valence-electron chi connectivity index (χ0n) is 11.3. The van der Waals surface area contributed by atoms with Crippen molar-refractivity contribution in [2.75, 3.05) is 19.7 Å². The summed E-state index contributed by atoms with van der Waals surface area (Å²) in [7, 11) is 0. The fraction of sp³-hybridized carbons (Fsp3) is 0.538. The van der Waals surface area contributed by atoms with Gasteiger partial charge in [0.1, 0.15) is 0 Å². The van der Waals surface area contributed by atoms with Crippen molar-refractivity contribution in [2.45, 2.75) is 26.8 Å². The number of rotatable bonds is 6. The lowest BCUT2D eigenvalue weighted by atomic mass is 10.3. The second-order valence-corrected chi connectivity index (χ2v) is 5.42. The fourth-order valence-electron chi connectivity index (χ4n) is 2.14. The number of hydrogen-bond acceptors (Lipinski definition) is 5. The Labute approximate surface area is 116 Å². The second-order valence-electron chi connectivity index (χ2n) is 4.58. The van der Waals surface area contributed by atoms with Gasteiger partial charge in [-0.1, -0.05) is 6.92 Å². The lowest BCUT2D eigenvalue weighted by molar-refractivity contribution is 0.189. The topological polar surface area (TPSA) is 57.8 Å². The van der Waals surface area contributed by atoms with Gasteiger partial charge in [-0.2, -0.15) is 0 Å². The van der Waals surface area contributed by atoms with E-state index in [1.54, 1.807) is 10.5 Å². The number of hydrogen-bond donors (Lipinski definition) is 1. The molecule has 0 atom stereocenters. The van der Waals surface area contributed by atoms with E-state index < -0.39 is 0 Å². The standard InChI is InChI=1S/C13H19N3O2S/c1-3-4-15(5-6-17)8-11-7-12(18)16-10(2)9-19-13(16)14-11/h7,9,17H,3-6,8H2,1-2H3. The average molecular weight is 281 g/mol. The number of nitrogens with zero attached hydrogens (tertiary/aromatic N) is 3. The third-order valence-corrected chi connectivity index (χ3v) is 3.91. The molecule has 5 nitrogen and oxygen atoms in total. The summed E-state index contributed by atoms with van der Waals surface area (Å²) in [5.74, 6) is 0. The summed E-state index contributed by atoms with van der Waals surface area (Å²) in [4.78, 5) is 19.4. The van der Waals surface area contributed by atoms with Gasteiger partial charge < -0.3 is 5.11 Å². The molecule has 2 rings (SSSR count). The molecule has 0 aromatic carbocycles. The number of aliphatic hydroxyl groups is 1. The van der Waals surface area contributed by atoms with Gasteiger partial charge in [0.05, 0.1) is 12.3 Å². The van der Waals surface area contributed by atoms with Crippen LogP contribution in [0.5, 0.6) is 0 Å². The van der Waals surface area contributed by atoms with E-state index in [0.717, 1.165) is 29.3 Å². The molecule has 2 aromatic rings. The summed E-state index contributed by atoms with van der Waals surface area (Å²) < 4.78 is 1.63. The van der Waals surface area contributed by atoms with Crippen LogP contribution in [0.25, 0.3) is 4.96 Å². The molecule has 0 radical (unpaired) electrons. The highest BCUT2D eigenvalue weighted by Crippen LogP contribution is 2.12. The maximum absolute atomic E-state index is 12.0. The number of fused-ring (bicyclic) bond motifs is 1. The Kier molecular flexibility index (Phi) is 4.68. The minimum atomic E-state index is -0.0285. The first-order valence-corrected chi connectivity index (χ1v) is 7.33. The van der Waals surface area contributed by atoms with Crippen molar-refractivity contribution >= 4 is 16.3 Å².